The summed E-state index contributed by atoms with van der Waals surface area (Å²) < 4.78 is 21.7. The molecule has 1 aliphatic heterocycles. The average Bonchev–Trinajstić information content (AvgIpc) is 3.61. The van der Waals surface area contributed by atoms with Crippen LogP contribution in [0.1, 0.15) is 30.5 Å². The van der Waals surface area contributed by atoms with Crippen molar-refractivity contribution in [3.8, 4) is 11.5 Å². The summed E-state index contributed by atoms with van der Waals surface area (Å²) in [7, 11) is 0. The summed E-state index contributed by atoms with van der Waals surface area (Å²) in [5, 5.41) is 22.0. The molecule has 1 aromatic heterocycles. The number of rotatable bonds is 4. The number of carbonyl (C=O) groups is 1. The number of hydrogen-bond acceptors (Lipinski definition) is 6. The van der Waals surface area contributed by atoms with Crippen molar-refractivity contribution in [2.45, 2.75) is 24.9 Å². The molecule has 8 nitrogen and oxygen atoms in total. The first kappa shape index (κ1) is 20.3. The lowest BCUT2D eigenvalue weighted by atomic mass is 10.0. The zero-order chi connectivity index (χ0) is 22.4. The van der Waals surface area contributed by atoms with Crippen molar-refractivity contribution in [1.82, 2.24) is 9.88 Å². The Hall–Kier alpha value is -3.59. The van der Waals surface area contributed by atoms with E-state index < -0.39 is 17.4 Å². The Morgan fingerprint density at radius 1 is 1.19 bits per heavy atom. The van der Waals surface area contributed by atoms with Crippen LogP contribution in [0.4, 0.5) is 14.9 Å². The van der Waals surface area contributed by atoms with Gasteiger partial charge in [-0.25, -0.2) is 9.18 Å². The molecule has 0 amide bonds. The van der Waals surface area contributed by atoms with Gasteiger partial charge in [0, 0.05) is 31.7 Å². The van der Waals surface area contributed by atoms with Gasteiger partial charge in [-0.15, -0.1) is 0 Å². The van der Waals surface area contributed by atoms with E-state index in [1.165, 1.54) is 12.3 Å². The van der Waals surface area contributed by atoms with Crippen molar-refractivity contribution in [3.05, 3.63) is 64.2 Å². The quantitative estimate of drug-likeness (QED) is 0.536. The maximum Gasteiger partial charge on any atom is 0.511 e. The van der Waals surface area contributed by atoms with Crippen molar-refractivity contribution < 1.29 is 24.1 Å². The predicted octanol–water partition coefficient (Wildman–Crippen LogP) is 3.39. The standard InChI is InChI=1S/C23H22FN3O5/c24-17-9-16-19(27(14-3-4-14)12-21(22(16)29)32-23(30)31)10-20(17)26-8-7-25-18(11-26)13-1-5-15(28)6-2-13/h1-2,5-6,9-10,12,14,18,25,28H,3-4,7-8,11H2,(H,30,31). The summed E-state index contributed by atoms with van der Waals surface area (Å²) in [6.45, 7) is 1.75. The molecule has 0 bridgehead atoms. The number of pyridine rings is 1. The SMILES string of the molecule is O=C(O)Oc1cn(C2CC2)c2cc(N3CCNC(c4ccc(O)cc4)C3)c(F)cc2c1=O. The predicted molar refractivity (Wildman–Crippen MR) is 116 cm³/mol. The number of carboxylic acid groups (broad SMARTS) is 1. The van der Waals surface area contributed by atoms with Gasteiger partial charge in [0.05, 0.1) is 22.8 Å². The van der Waals surface area contributed by atoms with Crippen LogP contribution < -0.4 is 20.4 Å². The van der Waals surface area contributed by atoms with E-state index >= 15 is 4.39 Å². The van der Waals surface area contributed by atoms with E-state index in [4.69, 9.17) is 5.11 Å². The van der Waals surface area contributed by atoms with Crippen LogP contribution in [0.3, 0.4) is 0 Å². The van der Waals surface area contributed by atoms with Crippen molar-refractivity contribution in [2.24, 2.45) is 0 Å². The van der Waals surface area contributed by atoms with E-state index in [1.54, 1.807) is 18.2 Å². The second-order valence-corrected chi connectivity index (χ2v) is 8.19. The number of aromatic nitrogens is 1. The zero-order valence-corrected chi connectivity index (χ0v) is 17.1. The molecule has 1 saturated heterocycles. The summed E-state index contributed by atoms with van der Waals surface area (Å²) in [5.74, 6) is -0.680. The molecular formula is C23H22FN3O5. The van der Waals surface area contributed by atoms with Crippen molar-refractivity contribution in [3.63, 3.8) is 0 Å². The lowest BCUT2D eigenvalue weighted by Gasteiger charge is -2.36. The van der Waals surface area contributed by atoms with E-state index in [0.29, 0.717) is 30.8 Å². The van der Waals surface area contributed by atoms with Gasteiger partial charge in [0.1, 0.15) is 11.6 Å². The second-order valence-electron chi connectivity index (χ2n) is 8.19. The van der Waals surface area contributed by atoms with Gasteiger partial charge < -0.3 is 29.7 Å². The van der Waals surface area contributed by atoms with Crippen LogP contribution in [-0.4, -0.2) is 40.6 Å². The van der Waals surface area contributed by atoms with Gasteiger partial charge in [0.2, 0.25) is 5.43 Å². The highest BCUT2D eigenvalue weighted by Gasteiger charge is 2.29. The second kappa shape index (κ2) is 7.83. The van der Waals surface area contributed by atoms with Crippen LogP contribution in [0.2, 0.25) is 0 Å². The van der Waals surface area contributed by atoms with Crippen LogP contribution >= 0.6 is 0 Å². The fourth-order valence-corrected chi connectivity index (χ4v) is 4.30. The molecule has 1 saturated carbocycles. The van der Waals surface area contributed by atoms with Crippen LogP contribution in [0.25, 0.3) is 10.9 Å². The molecule has 1 aliphatic carbocycles. The van der Waals surface area contributed by atoms with Crippen molar-refractivity contribution >= 4 is 22.7 Å². The number of benzene rings is 2. The fourth-order valence-electron chi connectivity index (χ4n) is 4.30. The first-order chi connectivity index (χ1) is 15.4. The van der Waals surface area contributed by atoms with E-state index in [2.05, 4.69) is 10.1 Å². The van der Waals surface area contributed by atoms with Crippen molar-refractivity contribution in [1.29, 1.82) is 0 Å². The number of halogens is 1. The summed E-state index contributed by atoms with van der Waals surface area (Å²) in [6, 6.07) is 9.85. The lowest BCUT2D eigenvalue weighted by Crippen LogP contribution is -2.46. The number of hydrogen-bond donors (Lipinski definition) is 3. The Morgan fingerprint density at radius 3 is 2.62 bits per heavy atom. The molecule has 1 unspecified atom stereocenters. The molecular weight excluding hydrogens is 417 g/mol. The Kier molecular flexibility index (Phi) is 4.97. The van der Waals surface area contributed by atoms with Gasteiger partial charge in [0.15, 0.2) is 5.75 Å². The monoisotopic (exact) mass is 439 g/mol. The first-order valence-corrected chi connectivity index (χ1v) is 10.5. The maximum atomic E-state index is 15.2. The Morgan fingerprint density at radius 2 is 1.94 bits per heavy atom. The summed E-state index contributed by atoms with van der Waals surface area (Å²) in [4.78, 5) is 25.7. The molecule has 0 radical (unpaired) electrons. The highest BCUT2D eigenvalue weighted by molar-refractivity contribution is 5.85. The van der Waals surface area contributed by atoms with Crippen molar-refractivity contribution in [2.75, 3.05) is 24.5 Å². The number of phenolic OH excluding ortho intramolecular Hbond substituents is 1. The van der Waals surface area contributed by atoms with E-state index in [0.717, 1.165) is 18.4 Å². The Labute approximate surface area is 182 Å². The summed E-state index contributed by atoms with van der Waals surface area (Å²) in [5.41, 5.74) is 1.29. The highest BCUT2D eigenvalue weighted by Crippen LogP contribution is 2.39. The molecule has 2 aromatic carbocycles. The average molecular weight is 439 g/mol. The van der Waals surface area contributed by atoms with Gasteiger partial charge in [-0.1, -0.05) is 12.1 Å². The fraction of sp³-hybridized carbons (Fsp3) is 0.304. The van der Waals surface area contributed by atoms with Gasteiger partial charge in [0.25, 0.3) is 0 Å². The highest BCUT2D eigenvalue weighted by atomic mass is 19.1. The number of anilines is 1. The van der Waals surface area contributed by atoms with Crippen LogP contribution in [0.5, 0.6) is 11.5 Å². The maximum absolute atomic E-state index is 15.2. The van der Waals surface area contributed by atoms with E-state index in [-0.39, 0.29) is 29.0 Å². The molecule has 2 fully saturated rings. The normalized spacial score (nSPS) is 18.7. The molecule has 3 N–H and O–H groups in total. The molecule has 1 atom stereocenters. The van der Waals surface area contributed by atoms with Gasteiger partial charge in [-0.2, -0.15) is 0 Å². The third-order valence-corrected chi connectivity index (χ3v) is 6.02. The Balaban J connectivity index is 1.55. The molecule has 32 heavy (non-hydrogen) atoms. The number of nitrogens with one attached hydrogen (secondary N) is 1. The summed E-state index contributed by atoms with van der Waals surface area (Å²) in [6.07, 6.45) is 1.62. The number of aromatic hydroxyl groups is 1. The molecule has 0 spiro atoms. The smallest absolute Gasteiger partial charge is 0.508 e. The first-order valence-electron chi connectivity index (χ1n) is 10.5. The number of nitrogens with zero attached hydrogens (tertiary/aromatic N) is 2. The minimum Gasteiger partial charge on any atom is -0.508 e. The number of fused-ring (bicyclic) bond motifs is 1. The third kappa shape index (κ3) is 3.75. The lowest BCUT2D eigenvalue weighted by molar-refractivity contribution is 0.143. The Bertz CT molecular complexity index is 1250. The largest absolute Gasteiger partial charge is 0.511 e. The minimum absolute atomic E-state index is 0.0450. The minimum atomic E-state index is -1.58. The van der Waals surface area contributed by atoms with Crippen LogP contribution in [-0.2, 0) is 0 Å². The molecule has 166 valence electrons. The molecule has 2 aliphatic rings. The number of ether oxygens (including phenoxy) is 1. The molecule has 3 aromatic rings. The van der Waals surface area contributed by atoms with Crippen LogP contribution in [0.15, 0.2) is 47.4 Å². The number of piperazine rings is 1. The third-order valence-electron chi connectivity index (χ3n) is 6.02. The molecule has 9 heteroatoms. The van der Waals surface area contributed by atoms with Gasteiger partial charge in [-0.3, -0.25) is 4.79 Å². The van der Waals surface area contributed by atoms with E-state index in [1.807, 2.05) is 21.6 Å². The van der Waals surface area contributed by atoms with Crippen LogP contribution in [0, 0.1) is 5.82 Å². The molecule has 2 heterocycles. The number of phenols is 1. The van der Waals surface area contributed by atoms with Gasteiger partial charge in [-0.05, 0) is 42.7 Å². The van der Waals surface area contributed by atoms with Gasteiger partial charge >= 0.3 is 6.16 Å². The van der Waals surface area contributed by atoms with E-state index in [9.17, 15) is 14.7 Å². The summed E-state index contributed by atoms with van der Waals surface area (Å²) >= 11 is 0. The molecule has 5 rings (SSSR count). The topological polar surface area (TPSA) is 104 Å². The zero-order valence-electron chi connectivity index (χ0n) is 17.1.